The fourth-order valence-electron chi connectivity index (χ4n) is 1.22. The van der Waals surface area contributed by atoms with E-state index in [4.69, 9.17) is 24.2 Å². The van der Waals surface area contributed by atoms with Crippen LogP contribution in [-0.4, -0.2) is 17.8 Å². The molecule has 0 aliphatic carbocycles. The Hall–Kier alpha value is -0.250. The summed E-state index contributed by atoms with van der Waals surface area (Å²) >= 11 is 9.16. The fourth-order valence-corrected chi connectivity index (χ4v) is 2.07. The quantitative estimate of drug-likeness (QED) is 0.845. The van der Waals surface area contributed by atoms with Gasteiger partial charge in [0.2, 0.25) is 0 Å². The summed E-state index contributed by atoms with van der Waals surface area (Å²) in [6.07, 6.45) is -2.60. The number of hydrogen-bond donors (Lipinski definition) is 1. The first-order valence-corrected chi connectivity index (χ1v) is 4.91. The molecule has 0 spiro atoms. The molecule has 2 rings (SSSR count). The molecule has 1 aromatic carbocycles. The van der Waals surface area contributed by atoms with Crippen LogP contribution in [0.5, 0.6) is 5.75 Å². The number of halogens is 2. The average Bonchev–Trinajstić information content (AvgIpc) is 2.39. The molecular formula is C9H8BrClO2. The van der Waals surface area contributed by atoms with Crippen molar-refractivity contribution in [3.8, 4) is 5.75 Å². The van der Waals surface area contributed by atoms with Crippen molar-refractivity contribution in [1.29, 1.82) is 0 Å². The Morgan fingerprint density at radius 1 is 1.77 bits per heavy atom. The summed E-state index contributed by atoms with van der Waals surface area (Å²) in [5, 5.41) is 9.36. The Labute approximate surface area is 92.4 Å². The number of benzene rings is 1. The van der Waals surface area contributed by atoms with E-state index in [1.54, 1.807) is 12.1 Å². The van der Waals surface area contributed by atoms with Gasteiger partial charge in [-0.05, 0) is 12.1 Å². The predicted molar refractivity (Wildman–Crippen MR) is 54.4 cm³/mol. The molecule has 0 aromatic heterocycles. The molecule has 0 amide bonds. The summed E-state index contributed by atoms with van der Waals surface area (Å²) in [7, 11) is 0. The van der Waals surface area contributed by atoms with Gasteiger partial charge >= 0.3 is 0 Å². The molecule has 1 aliphatic rings. The topological polar surface area (TPSA) is 29.5 Å². The minimum Gasteiger partial charge on any atom is -0.486 e. The minimum atomic E-state index is -1.71. The summed E-state index contributed by atoms with van der Waals surface area (Å²) in [6.45, 7) is -0.379. The first-order valence-electron chi connectivity index (χ1n) is 4.74. The van der Waals surface area contributed by atoms with E-state index in [9.17, 15) is 0 Å². The molecule has 1 heterocycles. The Bertz CT molecular complexity index is 411. The first-order chi connectivity index (χ1) is 6.96. The van der Waals surface area contributed by atoms with E-state index in [0.717, 1.165) is 0 Å². The Balaban J connectivity index is 2.58. The van der Waals surface area contributed by atoms with Gasteiger partial charge in [-0.2, -0.15) is 0 Å². The van der Waals surface area contributed by atoms with Crippen LogP contribution in [0.1, 0.15) is 8.30 Å². The molecule has 4 heteroatoms. The lowest BCUT2D eigenvalue weighted by molar-refractivity contribution is 0.134. The minimum absolute atomic E-state index is 0.323. The normalized spacial score (nSPS) is 25.9. The largest absolute Gasteiger partial charge is 0.486 e. The van der Waals surface area contributed by atoms with Gasteiger partial charge in [-0.1, -0.05) is 27.5 Å². The van der Waals surface area contributed by atoms with Gasteiger partial charge in [0, 0.05) is 19.2 Å². The summed E-state index contributed by atoms with van der Waals surface area (Å²) in [5.41, 5.74) is 0.376. The van der Waals surface area contributed by atoms with Crippen LogP contribution >= 0.6 is 27.5 Å². The van der Waals surface area contributed by atoms with Crippen molar-refractivity contribution in [1.82, 2.24) is 0 Å². The smallest absolute Gasteiger partial charge is 0.141 e. The van der Waals surface area contributed by atoms with Gasteiger partial charge in [0.1, 0.15) is 11.9 Å². The van der Waals surface area contributed by atoms with Gasteiger partial charge < -0.3 is 9.84 Å². The van der Waals surface area contributed by atoms with Gasteiger partial charge in [0.05, 0.1) is 11.6 Å². The number of ether oxygens (including phenoxy) is 1. The van der Waals surface area contributed by atoms with Gasteiger partial charge in [-0.3, -0.25) is 0 Å². The highest BCUT2D eigenvalue weighted by molar-refractivity contribution is 9.10. The molecule has 0 saturated heterocycles. The zero-order valence-corrected chi connectivity index (χ0v) is 8.89. The Morgan fingerprint density at radius 2 is 2.54 bits per heavy atom. The molecule has 1 N–H and O–H groups in total. The van der Waals surface area contributed by atoms with Crippen LogP contribution in [0.3, 0.4) is 0 Å². The summed E-state index contributed by atoms with van der Waals surface area (Å²) < 4.78 is 21.6. The van der Waals surface area contributed by atoms with E-state index in [1.807, 2.05) is 0 Å². The van der Waals surface area contributed by atoms with Crippen molar-refractivity contribution in [3.63, 3.8) is 0 Å². The Morgan fingerprint density at radius 3 is 3.23 bits per heavy atom. The monoisotopic (exact) mass is 264 g/mol. The van der Waals surface area contributed by atoms with Crippen LogP contribution in [-0.2, 0) is 6.37 Å². The summed E-state index contributed by atoms with van der Waals surface area (Å²) in [4.78, 5) is 0. The van der Waals surface area contributed by atoms with Crippen molar-refractivity contribution >= 4 is 27.5 Å². The maximum Gasteiger partial charge on any atom is 0.141 e. The zero-order valence-electron chi connectivity index (χ0n) is 8.55. The van der Waals surface area contributed by atoms with Crippen LogP contribution in [0.25, 0.3) is 0 Å². The molecule has 1 unspecified atom stereocenters. The highest BCUT2D eigenvalue weighted by Crippen LogP contribution is 2.38. The highest BCUT2D eigenvalue weighted by Gasteiger charge is 2.24. The number of fused-ring (bicyclic) bond motifs is 1. The van der Waals surface area contributed by atoms with E-state index in [0.29, 0.717) is 20.8 Å². The van der Waals surface area contributed by atoms with Crippen LogP contribution in [0.4, 0.5) is 0 Å². The number of hydrogen-bond acceptors (Lipinski definition) is 2. The number of rotatable bonds is 1. The molecule has 13 heavy (non-hydrogen) atoms. The second-order valence-corrected chi connectivity index (χ2v) is 4.02. The molecule has 1 aliphatic heterocycles. The summed E-state index contributed by atoms with van der Waals surface area (Å²) in [6, 6.07) is 3.26. The van der Waals surface area contributed by atoms with Crippen LogP contribution in [0.2, 0.25) is 5.02 Å². The van der Waals surface area contributed by atoms with E-state index in [1.165, 1.54) is 0 Å². The predicted octanol–water partition coefficient (Wildman–Crippen LogP) is 2.40. The standard InChI is InChI=1S/C9H8BrClO2/c10-6-1-5-2-7(4-12)13-9(5)8(11)3-6/h1,3,7,12H,2,4H2/i2D2. The van der Waals surface area contributed by atoms with Crippen LogP contribution in [0, 0.1) is 0 Å². The second-order valence-electron chi connectivity index (χ2n) is 2.70. The highest BCUT2D eigenvalue weighted by atomic mass is 79.9. The van der Waals surface area contributed by atoms with E-state index < -0.39 is 12.5 Å². The van der Waals surface area contributed by atoms with E-state index in [2.05, 4.69) is 15.9 Å². The van der Waals surface area contributed by atoms with Gasteiger partial charge in [0.15, 0.2) is 0 Å². The number of aliphatic hydroxyl groups is 1. The SMILES string of the molecule is [2H]C1([2H])c2cc(Br)cc(Cl)c2OC1CO. The van der Waals surface area contributed by atoms with Crippen molar-refractivity contribution < 1.29 is 12.6 Å². The molecule has 1 atom stereocenters. The van der Waals surface area contributed by atoms with Crippen LogP contribution < -0.4 is 4.74 Å². The molecule has 0 saturated carbocycles. The molecule has 1 aromatic rings. The fraction of sp³-hybridized carbons (Fsp3) is 0.333. The Kier molecular flexibility index (Phi) is 1.90. The van der Waals surface area contributed by atoms with Crippen molar-refractivity contribution in [2.45, 2.75) is 12.5 Å². The molecular weight excluding hydrogens is 255 g/mol. The third-order valence-corrected chi connectivity index (χ3v) is 2.49. The maximum absolute atomic E-state index is 9.01. The van der Waals surface area contributed by atoms with Gasteiger partial charge in [-0.25, -0.2) is 0 Å². The second kappa shape index (κ2) is 3.48. The van der Waals surface area contributed by atoms with Gasteiger partial charge in [0.25, 0.3) is 0 Å². The lowest BCUT2D eigenvalue weighted by Gasteiger charge is -2.06. The van der Waals surface area contributed by atoms with E-state index in [-0.39, 0.29) is 6.61 Å². The molecule has 0 bridgehead atoms. The number of aliphatic hydroxyl groups excluding tert-OH is 1. The lowest BCUT2D eigenvalue weighted by atomic mass is 10.1. The third-order valence-electron chi connectivity index (χ3n) is 1.75. The zero-order chi connectivity index (χ0) is 11.2. The molecule has 70 valence electrons. The van der Waals surface area contributed by atoms with E-state index >= 15 is 0 Å². The summed E-state index contributed by atoms with van der Waals surface area (Å²) in [5.74, 6) is 0.323. The first kappa shape index (κ1) is 7.10. The van der Waals surface area contributed by atoms with Crippen molar-refractivity contribution in [3.05, 3.63) is 27.2 Å². The van der Waals surface area contributed by atoms with Gasteiger partial charge in [-0.15, -0.1) is 0 Å². The lowest BCUT2D eigenvalue weighted by Crippen LogP contribution is -2.17. The van der Waals surface area contributed by atoms with Crippen molar-refractivity contribution in [2.24, 2.45) is 0 Å². The van der Waals surface area contributed by atoms with Crippen LogP contribution in [0.15, 0.2) is 16.6 Å². The molecule has 0 fully saturated rings. The maximum atomic E-state index is 9.01. The average molecular weight is 266 g/mol. The molecule has 2 nitrogen and oxygen atoms in total. The van der Waals surface area contributed by atoms with Crippen molar-refractivity contribution in [2.75, 3.05) is 6.61 Å². The molecule has 0 radical (unpaired) electrons. The third kappa shape index (κ3) is 1.68.